The first kappa shape index (κ1) is 36.7. The van der Waals surface area contributed by atoms with Crippen molar-refractivity contribution in [3.8, 4) is 22.9 Å². The number of aryl methyl sites for hydroxylation is 1. The minimum Gasteiger partial charge on any atom is -0.508 e. The first-order chi connectivity index (χ1) is 27.3. The number of halogens is 2. The molecular weight excluding hydrogens is 713 g/mol. The number of benzene rings is 4. The van der Waals surface area contributed by atoms with Crippen LogP contribution in [-0.2, 0) is 17.8 Å². The summed E-state index contributed by atoms with van der Waals surface area (Å²) in [5.74, 6) is 0.463. The van der Waals surface area contributed by atoms with E-state index in [2.05, 4.69) is 20.1 Å². The Labute approximate surface area is 325 Å². The smallest absolute Gasteiger partial charge is 0.319 e. The van der Waals surface area contributed by atoms with Crippen molar-refractivity contribution in [2.24, 2.45) is 0 Å². The lowest BCUT2D eigenvalue weighted by molar-refractivity contribution is -0.455. The zero-order valence-corrected chi connectivity index (χ0v) is 31.9. The molecule has 12 heteroatoms. The van der Waals surface area contributed by atoms with E-state index in [4.69, 9.17) is 25.2 Å². The Morgan fingerprint density at radius 2 is 1.86 bits per heavy atom. The van der Waals surface area contributed by atoms with Crippen LogP contribution in [0.1, 0.15) is 55.7 Å². The molecule has 0 spiro atoms. The molecule has 0 saturated carbocycles. The van der Waals surface area contributed by atoms with E-state index in [0.29, 0.717) is 102 Å². The average molecular weight is 763 g/mol. The standard InChI is InChI=1S/C44H49F2N7O3/c1-2-33-37(46)12-9-28-17-32(54)18-34(39(28)33)35-19-38-40(36(41(35)47)21-48-14-16-55-25-27-7-4-3-5-8-27)42(52-23-30-10-11-31(24-52)49-30)51-43(50-38)56-26-44-13-6-15-53(44)22-29(45)20-44/h3-5,7-9,12,17-19,21,29-31,49,54H,2,6,10-11,13-16,20,22-26,47H2,1H3/p+1/t29-,30?,31?,44+/m1/s1. The quantitative estimate of drug-likeness (QED) is 0.0786. The number of phenolic OH excluding ortho intramolecular Hbond substituents is 1. The van der Waals surface area contributed by atoms with Crippen LogP contribution < -0.4 is 25.7 Å². The molecule has 10 nitrogen and oxygen atoms in total. The van der Waals surface area contributed by atoms with E-state index in [9.17, 15) is 9.50 Å². The molecule has 2 unspecified atom stereocenters. The Hall–Kier alpha value is -4.91. The molecule has 56 heavy (non-hydrogen) atoms. The van der Waals surface area contributed by atoms with Crippen LogP contribution >= 0.6 is 0 Å². The van der Waals surface area contributed by atoms with E-state index < -0.39 is 6.17 Å². The first-order valence-corrected chi connectivity index (χ1v) is 20.1. The first-order valence-electron chi connectivity index (χ1n) is 20.1. The molecule has 5 aromatic rings. The SMILES string of the molecule is CCc1c(F)ccc2cc(O)cc(-c3cc4nc(OC[C@@]56CCCN5C[C@H](F)C6)nc(N5CC6CCC(C5)N6)c4c(C=[NH+]CCOCc4ccccc4)c3N)c12. The number of ether oxygens (including phenoxy) is 2. The van der Waals surface area contributed by atoms with Gasteiger partial charge in [0.05, 0.1) is 34.3 Å². The lowest BCUT2D eigenvalue weighted by Crippen LogP contribution is -2.70. The minimum atomic E-state index is -0.877. The molecule has 4 aliphatic rings. The molecule has 9 rings (SSSR count). The number of anilines is 2. The van der Waals surface area contributed by atoms with Crippen molar-refractivity contribution in [2.45, 2.75) is 75.8 Å². The van der Waals surface area contributed by atoms with Gasteiger partial charge in [0, 0.05) is 43.7 Å². The largest absolute Gasteiger partial charge is 0.508 e. The number of rotatable bonds is 12. The van der Waals surface area contributed by atoms with Gasteiger partial charge in [-0.05, 0) is 90.4 Å². The molecule has 4 atom stereocenters. The van der Waals surface area contributed by atoms with E-state index in [0.717, 1.165) is 62.1 Å². The average Bonchev–Trinajstić information content (AvgIpc) is 3.85. The summed E-state index contributed by atoms with van der Waals surface area (Å²) >= 11 is 0. The highest BCUT2D eigenvalue weighted by Crippen LogP contribution is 2.44. The fourth-order valence-corrected chi connectivity index (χ4v) is 9.71. The monoisotopic (exact) mass is 762 g/mol. The Kier molecular flexibility index (Phi) is 9.97. The Bertz CT molecular complexity index is 2280. The third kappa shape index (κ3) is 6.92. The molecule has 5 N–H and O–H groups in total. The predicted octanol–water partition coefficient (Wildman–Crippen LogP) is 5.05. The van der Waals surface area contributed by atoms with Crippen LogP contribution in [0.3, 0.4) is 0 Å². The number of fused-ring (bicyclic) bond motifs is 5. The lowest BCUT2D eigenvalue weighted by Gasteiger charge is -2.35. The molecule has 4 fully saturated rings. The van der Waals surface area contributed by atoms with Crippen LogP contribution in [-0.4, -0.2) is 95.9 Å². The van der Waals surface area contributed by atoms with Crippen LogP contribution in [0.15, 0.2) is 60.7 Å². The Morgan fingerprint density at radius 1 is 1.04 bits per heavy atom. The number of hydrogen-bond donors (Lipinski definition) is 4. The van der Waals surface area contributed by atoms with Gasteiger partial charge in [0.1, 0.15) is 36.8 Å². The third-order valence-electron chi connectivity index (χ3n) is 12.3. The topological polar surface area (TPSA) is 123 Å². The molecule has 1 aromatic heterocycles. The van der Waals surface area contributed by atoms with E-state index in [1.54, 1.807) is 18.2 Å². The Balaban J connectivity index is 1.18. The van der Waals surface area contributed by atoms with E-state index in [1.807, 2.05) is 49.5 Å². The van der Waals surface area contributed by atoms with Gasteiger partial charge in [-0.15, -0.1) is 0 Å². The van der Waals surface area contributed by atoms with Crippen molar-refractivity contribution >= 4 is 39.4 Å². The maximum absolute atomic E-state index is 15.4. The summed E-state index contributed by atoms with van der Waals surface area (Å²) < 4.78 is 42.7. The number of alkyl halides is 1. The molecule has 5 heterocycles. The summed E-state index contributed by atoms with van der Waals surface area (Å²) in [6, 6.07) is 19.3. The highest BCUT2D eigenvalue weighted by molar-refractivity contribution is 6.13. The predicted molar refractivity (Wildman–Crippen MR) is 216 cm³/mol. The number of aromatic hydroxyl groups is 1. The molecule has 4 aromatic carbocycles. The van der Waals surface area contributed by atoms with Crippen LogP contribution in [0.2, 0.25) is 0 Å². The Morgan fingerprint density at radius 3 is 2.66 bits per heavy atom. The van der Waals surface area contributed by atoms with Gasteiger partial charge < -0.3 is 30.5 Å². The molecule has 4 saturated heterocycles. The number of nitrogens with two attached hydrogens (primary N) is 1. The summed E-state index contributed by atoms with van der Waals surface area (Å²) in [6.45, 7) is 6.52. The van der Waals surface area contributed by atoms with Crippen molar-refractivity contribution in [1.82, 2.24) is 20.2 Å². The van der Waals surface area contributed by atoms with Gasteiger partial charge in [0.15, 0.2) is 12.8 Å². The summed E-state index contributed by atoms with van der Waals surface area (Å²) in [7, 11) is 0. The number of hydrogen-bond acceptors (Lipinski definition) is 9. The van der Waals surface area contributed by atoms with Crippen LogP contribution in [0.5, 0.6) is 11.8 Å². The summed E-state index contributed by atoms with van der Waals surface area (Å²) in [5, 5.41) is 16.9. The number of aromatic nitrogens is 2. The van der Waals surface area contributed by atoms with Gasteiger partial charge in [-0.3, -0.25) is 4.90 Å². The maximum Gasteiger partial charge on any atom is 0.319 e. The van der Waals surface area contributed by atoms with Crippen molar-refractivity contribution in [2.75, 3.05) is 56.6 Å². The number of phenols is 1. The van der Waals surface area contributed by atoms with E-state index >= 15 is 4.39 Å². The van der Waals surface area contributed by atoms with Gasteiger partial charge in [-0.25, -0.2) is 13.8 Å². The third-order valence-corrected chi connectivity index (χ3v) is 12.3. The molecule has 0 radical (unpaired) electrons. The van der Waals surface area contributed by atoms with Gasteiger partial charge >= 0.3 is 6.01 Å². The second-order valence-electron chi connectivity index (χ2n) is 16.0. The van der Waals surface area contributed by atoms with Crippen molar-refractivity contribution in [3.63, 3.8) is 0 Å². The maximum atomic E-state index is 15.4. The number of nitrogens with zero attached hydrogens (tertiary/aromatic N) is 4. The number of nitrogen functional groups attached to an aromatic ring is 1. The normalized spacial score (nSPS) is 23.6. The van der Waals surface area contributed by atoms with Crippen molar-refractivity contribution in [3.05, 3.63) is 83.2 Å². The second-order valence-corrected chi connectivity index (χ2v) is 16.0. The molecule has 292 valence electrons. The number of nitrogens with one attached hydrogen (secondary N) is 2. The molecule has 0 aliphatic carbocycles. The van der Waals surface area contributed by atoms with Crippen molar-refractivity contribution in [1.29, 1.82) is 0 Å². The summed E-state index contributed by atoms with van der Waals surface area (Å²) in [5.41, 5.74) is 11.5. The second kappa shape index (κ2) is 15.2. The van der Waals surface area contributed by atoms with E-state index in [1.165, 1.54) is 6.07 Å². The van der Waals surface area contributed by atoms with Crippen LogP contribution in [0.25, 0.3) is 32.8 Å². The highest BCUT2D eigenvalue weighted by atomic mass is 19.1. The highest BCUT2D eigenvalue weighted by Gasteiger charge is 2.49. The fourth-order valence-electron chi connectivity index (χ4n) is 9.71. The lowest BCUT2D eigenvalue weighted by atomic mass is 9.90. The summed E-state index contributed by atoms with van der Waals surface area (Å²) in [6.07, 6.45) is 5.98. The van der Waals surface area contributed by atoms with E-state index in [-0.39, 0.29) is 23.1 Å². The van der Waals surface area contributed by atoms with Crippen LogP contribution in [0.4, 0.5) is 20.3 Å². The minimum absolute atomic E-state index is 0.0478. The molecule has 2 bridgehead atoms. The van der Waals surface area contributed by atoms with Gasteiger partial charge in [-0.2, -0.15) is 9.97 Å². The zero-order chi connectivity index (χ0) is 38.4. The summed E-state index contributed by atoms with van der Waals surface area (Å²) in [4.78, 5) is 18.2. The van der Waals surface area contributed by atoms with Gasteiger partial charge in [-0.1, -0.05) is 43.3 Å². The fraction of sp³-hybridized carbons (Fsp3) is 0.432. The molecule has 0 amide bonds. The van der Waals surface area contributed by atoms with Gasteiger partial charge in [0.2, 0.25) is 0 Å². The van der Waals surface area contributed by atoms with Crippen LogP contribution in [0, 0.1) is 5.82 Å². The van der Waals surface area contributed by atoms with Crippen molar-refractivity contribution < 1.29 is 28.4 Å². The van der Waals surface area contributed by atoms with Gasteiger partial charge in [0.25, 0.3) is 0 Å². The molecular formula is C44H50F2N7O3+. The molecule has 4 aliphatic heterocycles. The number of piperazine rings is 1. The zero-order valence-electron chi connectivity index (χ0n) is 31.9.